The van der Waals surface area contributed by atoms with E-state index in [0.717, 1.165) is 11.3 Å². The Labute approximate surface area is 150 Å². The molecule has 1 aliphatic rings. The van der Waals surface area contributed by atoms with Gasteiger partial charge in [-0.05, 0) is 43.4 Å². The second-order valence-electron chi connectivity index (χ2n) is 6.29. The van der Waals surface area contributed by atoms with Crippen LogP contribution in [0.3, 0.4) is 0 Å². The van der Waals surface area contributed by atoms with Crippen molar-refractivity contribution >= 4 is 11.8 Å². The van der Waals surface area contributed by atoms with Crippen LogP contribution in [0.1, 0.15) is 25.3 Å². The number of rotatable bonds is 6. The van der Waals surface area contributed by atoms with Crippen LogP contribution in [0, 0.1) is 5.92 Å². The van der Waals surface area contributed by atoms with Crippen LogP contribution in [0.2, 0.25) is 0 Å². The molecule has 5 nitrogen and oxygen atoms in total. The van der Waals surface area contributed by atoms with Crippen molar-refractivity contribution in [3.63, 3.8) is 0 Å². The van der Waals surface area contributed by atoms with Gasteiger partial charge in [-0.25, -0.2) is 0 Å². The number of hydrogen-bond acceptors (Lipinski definition) is 3. The van der Waals surface area contributed by atoms with Gasteiger partial charge in [0, 0.05) is 19.6 Å². The van der Waals surface area contributed by atoms with Crippen molar-refractivity contribution < 1.29 is 27.5 Å². The van der Waals surface area contributed by atoms with E-state index in [4.69, 9.17) is 4.74 Å². The van der Waals surface area contributed by atoms with Gasteiger partial charge in [-0.1, -0.05) is 12.1 Å². The van der Waals surface area contributed by atoms with E-state index < -0.39 is 12.1 Å². The van der Waals surface area contributed by atoms with E-state index in [1.165, 1.54) is 0 Å². The summed E-state index contributed by atoms with van der Waals surface area (Å²) in [7, 11) is 0. The highest BCUT2D eigenvalue weighted by Gasteiger charge is 2.38. The third-order valence-electron chi connectivity index (χ3n) is 4.37. The maximum atomic E-state index is 12.4. The van der Waals surface area contributed by atoms with Crippen LogP contribution in [-0.2, 0) is 16.0 Å². The molecule has 144 valence electrons. The first-order valence-corrected chi connectivity index (χ1v) is 8.64. The van der Waals surface area contributed by atoms with E-state index in [0.29, 0.717) is 32.5 Å². The molecular weight excluding hydrogens is 349 g/mol. The highest BCUT2D eigenvalue weighted by atomic mass is 19.4. The monoisotopic (exact) mass is 372 g/mol. The smallest absolute Gasteiger partial charge is 0.471 e. The van der Waals surface area contributed by atoms with Gasteiger partial charge in [-0.2, -0.15) is 13.2 Å². The highest BCUT2D eigenvalue weighted by Crippen LogP contribution is 2.20. The molecule has 1 aliphatic heterocycles. The number of carbonyl (C=O) groups excluding carboxylic acids is 2. The number of nitrogens with one attached hydrogen (secondary N) is 1. The minimum Gasteiger partial charge on any atom is -0.494 e. The molecule has 0 atom stereocenters. The van der Waals surface area contributed by atoms with Crippen molar-refractivity contribution in [2.45, 2.75) is 32.4 Å². The number of nitrogens with zero attached hydrogens (tertiary/aromatic N) is 1. The number of benzene rings is 1. The lowest BCUT2D eigenvalue weighted by Gasteiger charge is -2.32. The lowest BCUT2D eigenvalue weighted by Crippen LogP contribution is -2.44. The van der Waals surface area contributed by atoms with Crippen molar-refractivity contribution in [2.24, 2.45) is 5.92 Å². The SMILES string of the molecule is CCOc1ccc(CC(=O)N2CCC(CNC(=O)C(F)(F)F)CC2)cc1. The fourth-order valence-electron chi connectivity index (χ4n) is 2.88. The van der Waals surface area contributed by atoms with Crippen LogP contribution < -0.4 is 10.1 Å². The molecule has 1 fully saturated rings. The zero-order chi connectivity index (χ0) is 19.2. The molecule has 1 heterocycles. The summed E-state index contributed by atoms with van der Waals surface area (Å²) in [6, 6.07) is 7.34. The summed E-state index contributed by atoms with van der Waals surface area (Å²) >= 11 is 0. The number of hydrogen-bond donors (Lipinski definition) is 1. The maximum absolute atomic E-state index is 12.4. The third kappa shape index (κ3) is 5.93. The second kappa shape index (κ2) is 8.91. The van der Waals surface area contributed by atoms with Gasteiger partial charge in [0.1, 0.15) is 5.75 Å². The minimum atomic E-state index is -4.85. The molecule has 0 aliphatic carbocycles. The Morgan fingerprint density at radius 3 is 2.35 bits per heavy atom. The van der Waals surface area contributed by atoms with E-state index in [2.05, 4.69) is 0 Å². The molecule has 0 radical (unpaired) electrons. The van der Waals surface area contributed by atoms with Crippen molar-refractivity contribution in [2.75, 3.05) is 26.2 Å². The molecule has 0 aromatic heterocycles. The molecular formula is C18H23F3N2O3. The van der Waals surface area contributed by atoms with Crippen molar-refractivity contribution in [1.82, 2.24) is 10.2 Å². The molecule has 1 saturated heterocycles. The Bertz CT molecular complexity index is 609. The molecule has 1 N–H and O–H groups in total. The Balaban J connectivity index is 1.75. The van der Waals surface area contributed by atoms with Crippen molar-refractivity contribution in [3.8, 4) is 5.75 Å². The van der Waals surface area contributed by atoms with Gasteiger partial charge < -0.3 is 15.0 Å². The molecule has 0 bridgehead atoms. The van der Waals surface area contributed by atoms with Gasteiger partial charge in [0.05, 0.1) is 13.0 Å². The molecule has 8 heteroatoms. The first-order chi connectivity index (χ1) is 12.3. The summed E-state index contributed by atoms with van der Waals surface area (Å²) in [5, 5.41) is 1.91. The van der Waals surface area contributed by atoms with Crippen LogP contribution >= 0.6 is 0 Å². The molecule has 2 rings (SSSR count). The van der Waals surface area contributed by atoms with E-state index in [-0.39, 0.29) is 24.8 Å². The average Bonchev–Trinajstić information content (AvgIpc) is 2.61. The second-order valence-corrected chi connectivity index (χ2v) is 6.29. The molecule has 2 amide bonds. The molecule has 26 heavy (non-hydrogen) atoms. The van der Waals surface area contributed by atoms with Crippen LogP contribution in [0.25, 0.3) is 0 Å². The van der Waals surface area contributed by atoms with Gasteiger partial charge in [-0.3, -0.25) is 9.59 Å². The van der Waals surface area contributed by atoms with E-state index in [1.807, 2.05) is 36.5 Å². The Kier molecular flexibility index (Phi) is 6.88. The number of halogens is 3. The van der Waals surface area contributed by atoms with Crippen molar-refractivity contribution in [3.05, 3.63) is 29.8 Å². The minimum absolute atomic E-state index is 0.00747. The number of amides is 2. The molecule has 0 unspecified atom stereocenters. The molecule has 1 aromatic rings. The zero-order valence-electron chi connectivity index (χ0n) is 14.6. The Morgan fingerprint density at radius 2 is 1.81 bits per heavy atom. The summed E-state index contributed by atoms with van der Waals surface area (Å²) in [5.74, 6) is -1.21. The van der Waals surface area contributed by atoms with E-state index in [9.17, 15) is 22.8 Å². The van der Waals surface area contributed by atoms with Crippen LogP contribution in [0.5, 0.6) is 5.75 Å². The molecule has 1 aromatic carbocycles. The van der Waals surface area contributed by atoms with Gasteiger partial charge in [-0.15, -0.1) is 0 Å². The normalized spacial score (nSPS) is 15.6. The standard InChI is InChI=1S/C18H23F3N2O3/c1-2-26-15-5-3-13(4-6-15)11-16(24)23-9-7-14(8-10-23)12-22-17(25)18(19,20)21/h3-6,14H,2,7-12H2,1H3,(H,22,25). The van der Waals surface area contributed by atoms with E-state index in [1.54, 1.807) is 4.90 Å². The van der Waals surface area contributed by atoms with Gasteiger partial charge in [0.15, 0.2) is 0 Å². The first-order valence-electron chi connectivity index (χ1n) is 8.64. The number of carbonyl (C=O) groups is 2. The lowest BCUT2D eigenvalue weighted by molar-refractivity contribution is -0.173. The number of alkyl halides is 3. The topological polar surface area (TPSA) is 58.6 Å². The first kappa shape index (κ1) is 20.1. The maximum Gasteiger partial charge on any atom is 0.471 e. The largest absolute Gasteiger partial charge is 0.494 e. The predicted molar refractivity (Wildman–Crippen MR) is 89.7 cm³/mol. The lowest BCUT2D eigenvalue weighted by atomic mass is 9.96. The van der Waals surface area contributed by atoms with E-state index >= 15 is 0 Å². The van der Waals surface area contributed by atoms with Gasteiger partial charge in [0.2, 0.25) is 5.91 Å². The zero-order valence-corrected chi connectivity index (χ0v) is 14.6. The summed E-state index contributed by atoms with van der Waals surface area (Å²) in [6.45, 7) is 3.44. The van der Waals surface area contributed by atoms with Crippen LogP contribution in [0.15, 0.2) is 24.3 Å². The Morgan fingerprint density at radius 1 is 1.19 bits per heavy atom. The fourth-order valence-corrected chi connectivity index (χ4v) is 2.88. The number of ether oxygens (including phenoxy) is 1. The quantitative estimate of drug-likeness (QED) is 0.835. The third-order valence-corrected chi connectivity index (χ3v) is 4.37. The number of piperidine rings is 1. The fraction of sp³-hybridized carbons (Fsp3) is 0.556. The summed E-state index contributed by atoms with van der Waals surface area (Å²) in [4.78, 5) is 24.9. The predicted octanol–water partition coefficient (Wildman–Crippen LogP) is 2.54. The highest BCUT2D eigenvalue weighted by molar-refractivity contribution is 5.81. The van der Waals surface area contributed by atoms with Crippen LogP contribution in [-0.4, -0.2) is 49.1 Å². The summed E-state index contributed by atoms with van der Waals surface area (Å²) in [6.07, 6.45) is -3.42. The molecule has 0 saturated carbocycles. The Hall–Kier alpha value is -2.25. The van der Waals surface area contributed by atoms with Crippen molar-refractivity contribution in [1.29, 1.82) is 0 Å². The van der Waals surface area contributed by atoms with Crippen LogP contribution in [0.4, 0.5) is 13.2 Å². The summed E-state index contributed by atoms with van der Waals surface area (Å²) < 4.78 is 41.9. The van der Waals surface area contributed by atoms with Gasteiger partial charge >= 0.3 is 12.1 Å². The summed E-state index contributed by atoms with van der Waals surface area (Å²) in [5.41, 5.74) is 0.887. The van der Waals surface area contributed by atoms with Gasteiger partial charge in [0.25, 0.3) is 0 Å². The average molecular weight is 372 g/mol. The molecule has 0 spiro atoms. The number of likely N-dealkylation sites (tertiary alicyclic amines) is 1.